The summed E-state index contributed by atoms with van der Waals surface area (Å²) in [5.74, 6) is -2.36. The van der Waals surface area contributed by atoms with Gasteiger partial charge >= 0.3 is 5.97 Å². The number of carbonyl (C=O) groups excluding carboxylic acids is 3. The molecular weight excluding hydrogens is 356 g/mol. The van der Waals surface area contributed by atoms with Crippen LogP contribution in [0.5, 0.6) is 0 Å². The molecule has 0 rings (SSSR count). The minimum Gasteiger partial charge on any atom is -0.480 e. The molecule has 0 fully saturated rings. The van der Waals surface area contributed by atoms with E-state index in [1.807, 2.05) is 6.26 Å². The van der Waals surface area contributed by atoms with Crippen molar-refractivity contribution in [2.24, 2.45) is 5.73 Å². The molecule has 0 spiro atoms. The predicted molar refractivity (Wildman–Crippen MR) is 95.0 cm³/mol. The Labute approximate surface area is 150 Å². The molecule has 0 saturated heterocycles. The molecule has 0 aliphatic rings. The van der Waals surface area contributed by atoms with Crippen LogP contribution in [0.25, 0.3) is 0 Å². The third-order valence-electron chi connectivity index (χ3n) is 3.00. The van der Waals surface area contributed by atoms with Crippen molar-refractivity contribution in [1.29, 1.82) is 0 Å². The molecule has 11 heteroatoms. The van der Waals surface area contributed by atoms with Crippen molar-refractivity contribution in [3.05, 3.63) is 0 Å². The zero-order chi connectivity index (χ0) is 18.7. The van der Waals surface area contributed by atoms with Crippen LogP contribution in [0.3, 0.4) is 0 Å². The predicted octanol–water partition coefficient (Wildman–Crippen LogP) is -1.81. The number of rotatable bonds is 11. The zero-order valence-corrected chi connectivity index (χ0v) is 15.3. The van der Waals surface area contributed by atoms with Gasteiger partial charge in [0.25, 0.3) is 0 Å². The first-order valence-corrected chi connectivity index (χ1v) is 9.22. The lowest BCUT2D eigenvalue weighted by molar-refractivity contribution is -0.142. The Morgan fingerprint density at radius 3 is 2.17 bits per heavy atom. The number of carboxylic acid groups (broad SMARTS) is 1. The molecule has 24 heavy (non-hydrogen) atoms. The second kappa shape index (κ2) is 12.0. The average molecular weight is 380 g/mol. The average Bonchev–Trinajstić information content (AvgIpc) is 2.55. The fourth-order valence-electron chi connectivity index (χ4n) is 1.62. The minimum atomic E-state index is -1.15. The largest absolute Gasteiger partial charge is 0.480 e. The highest BCUT2D eigenvalue weighted by atomic mass is 32.2. The number of amides is 3. The summed E-state index contributed by atoms with van der Waals surface area (Å²) in [7, 11) is 0. The lowest BCUT2D eigenvalue weighted by Crippen LogP contribution is -2.56. The Kier molecular flexibility index (Phi) is 11.3. The van der Waals surface area contributed by atoms with Crippen LogP contribution in [0.2, 0.25) is 0 Å². The monoisotopic (exact) mass is 380 g/mol. The molecule has 6 N–H and O–H groups in total. The van der Waals surface area contributed by atoms with Crippen LogP contribution < -0.4 is 21.7 Å². The number of nitrogens with two attached hydrogens (primary N) is 1. The van der Waals surface area contributed by atoms with Crippen molar-refractivity contribution in [2.45, 2.75) is 31.5 Å². The lowest BCUT2D eigenvalue weighted by Gasteiger charge is -2.22. The summed E-state index contributed by atoms with van der Waals surface area (Å²) in [6, 6.07) is -2.95. The minimum absolute atomic E-state index is 0.0238. The number of carbonyl (C=O) groups is 4. The summed E-state index contributed by atoms with van der Waals surface area (Å²) in [5, 5.41) is 16.3. The van der Waals surface area contributed by atoms with Gasteiger partial charge in [-0.1, -0.05) is 0 Å². The first-order chi connectivity index (χ1) is 11.3. The molecule has 0 aromatic carbocycles. The number of hydrogen-bond acceptors (Lipinski definition) is 7. The van der Waals surface area contributed by atoms with E-state index in [-0.39, 0.29) is 18.7 Å². The molecule has 138 valence electrons. The molecule has 0 aliphatic heterocycles. The van der Waals surface area contributed by atoms with Crippen LogP contribution in [-0.2, 0) is 19.2 Å². The van der Waals surface area contributed by atoms with Crippen molar-refractivity contribution in [2.75, 3.05) is 24.3 Å². The molecule has 0 heterocycles. The number of carboxylic acids is 1. The van der Waals surface area contributed by atoms with E-state index < -0.39 is 41.8 Å². The Morgan fingerprint density at radius 1 is 1.12 bits per heavy atom. The Bertz CT molecular complexity index is 464. The number of thioether (sulfide) groups is 1. The topological polar surface area (TPSA) is 151 Å². The fourth-order valence-corrected chi connectivity index (χ4v) is 2.35. The highest BCUT2D eigenvalue weighted by Crippen LogP contribution is 2.02. The summed E-state index contributed by atoms with van der Waals surface area (Å²) in [4.78, 5) is 46.4. The molecule has 0 aliphatic carbocycles. The van der Waals surface area contributed by atoms with Gasteiger partial charge in [-0.15, -0.1) is 0 Å². The number of nitrogens with one attached hydrogen (secondary N) is 3. The van der Waals surface area contributed by atoms with Gasteiger partial charge in [0.1, 0.15) is 18.1 Å². The van der Waals surface area contributed by atoms with Gasteiger partial charge < -0.3 is 26.8 Å². The van der Waals surface area contributed by atoms with E-state index >= 15 is 0 Å². The molecule has 3 atom stereocenters. The van der Waals surface area contributed by atoms with Crippen molar-refractivity contribution in [1.82, 2.24) is 16.0 Å². The molecule has 9 nitrogen and oxygen atoms in total. The summed E-state index contributed by atoms with van der Waals surface area (Å²) in [5.41, 5.74) is 5.14. The van der Waals surface area contributed by atoms with Gasteiger partial charge in [-0.05, 0) is 25.4 Å². The van der Waals surface area contributed by atoms with Crippen LogP contribution in [0.1, 0.15) is 13.3 Å². The van der Waals surface area contributed by atoms with E-state index in [4.69, 9.17) is 10.8 Å². The van der Waals surface area contributed by atoms with Gasteiger partial charge in [0, 0.05) is 5.75 Å². The maximum Gasteiger partial charge on any atom is 0.326 e. The molecule has 0 radical (unpaired) electrons. The second-order valence-electron chi connectivity index (χ2n) is 4.92. The molecule has 3 amide bonds. The van der Waals surface area contributed by atoms with Gasteiger partial charge in [-0.2, -0.15) is 24.4 Å². The molecule has 0 saturated carbocycles. The summed E-state index contributed by atoms with van der Waals surface area (Å²) in [6.07, 6.45) is 2.09. The van der Waals surface area contributed by atoms with Crippen molar-refractivity contribution in [3.63, 3.8) is 0 Å². The van der Waals surface area contributed by atoms with Gasteiger partial charge in [0.2, 0.25) is 17.7 Å². The summed E-state index contributed by atoms with van der Waals surface area (Å²) >= 11 is 5.46. The van der Waals surface area contributed by atoms with E-state index in [0.29, 0.717) is 5.75 Å². The quantitative estimate of drug-likeness (QED) is 0.231. The fraction of sp³-hybridized carbons (Fsp3) is 0.692. The van der Waals surface area contributed by atoms with Crippen LogP contribution in [-0.4, -0.2) is 71.2 Å². The second-order valence-corrected chi connectivity index (χ2v) is 6.27. The maximum absolute atomic E-state index is 12.1. The maximum atomic E-state index is 12.1. The molecule has 0 aromatic heterocycles. The Hall–Kier alpha value is -1.46. The van der Waals surface area contributed by atoms with E-state index in [9.17, 15) is 19.2 Å². The van der Waals surface area contributed by atoms with E-state index in [2.05, 4.69) is 28.6 Å². The van der Waals surface area contributed by atoms with Gasteiger partial charge in [-0.3, -0.25) is 14.4 Å². The van der Waals surface area contributed by atoms with E-state index in [1.165, 1.54) is 18.7 Å². The first-order valence-electron chi connectivity index (χ1n) is 7.19. The Balaban J connectivity index is 4.70. The molecule has 0 bridgehead atoms. The smallest absolute Gasteiger partial charge is 0.326 e. The molecular formula is C13H24N4O5S2. The van der Waals surface area contributed by atoms with Crippen molar-refractivity contribution >= 4 is 48.1 Å². The third kappa shape index (κ3) is 8.41. The first kappa shape index (κ1) is 22.5. The number of thiol groups is 1. The molecule has 3 unspecified atom stereocenters. The van der Waals surface area contributed by atoms with Gasteiger partial charge in [0.15, 0.2) is 0 Å². The third-order valence-corrected chi connectivity index (χ3v) is 4.01. The highest BCUT2D eigenvalue weighted by molar-refractivity contribution is 7.98. The van der Waals surface area contributed by atoms with Crippen molar-refractivity contribution < 1.29 is 24.3 Å². The number of aliphatic carboxylic acids is 1. The zero-order valence-electron chi connectivity index (χ0n) is 13.6. The summed E-state index contributed by atoms with van der Waals surface area (Å²) in [6.45, 7) is 1.18. The van der Waals surface area contributed by atoms with Crippen LogP contribution in [0, 0.1) is 0 Å². The standard InChI is InChI=1S/C13H24N4O5S2/c1-7(15-10(18)5-14)11(19)17-9(6-23)12(20)16-8(13(21)22)3-4-24-2/h7-9,23H,3-6,14H2,1-2H3,(H,15,18)(H,16,20)(H,17,19)(H,21,22). The SMILES string of the molecule is CSCCC(NC(=O)C(CS)NC(=O)C(C)NC(=O)CN)C(=O)O. The van der Waals surface area contributed by atoms with Crippen molar-refractivity contribution in [3.8, 4) is 0 Å². The van der Waals surface area contributed by atoms with Gasteiger partial charge in [-0.25, -0.2) is 4.79 Å². The van der Waals surface area contributed by atoms with E-state index in [1.54, 1.807) is 0 Å². The normalized spacial score (nSPS) is 14.2. The molecule has 0 aromatic rings. The van der Waals surface area contributed by atoms with Gasteiger partial charge in [0.05, 0.1) is 6.54 Å². The lowest BCUT2D eigenvalue weighted by atomic mass is 10.2. The van der Waals surface area contributed by atoms with Crippen LogP contribution >= 0.6 is 24.4 Å². The Morgan fingerprint density at radius 2 is 1.71 bits per heavy atom. The highest BCUT2D eigenvalue weighted by Gasteiger charge is 2.27. The van der Waals surface area contributed by atoms with Crippen LogP contribution in [0.15, 0.2) is 0 Å². The van der Waals surface area contributed by atoms with E-state index in [0.717, 1.165) is 0 Å². The summed E-state index contributed by atoms with van der Waals surface area (Å²) < 4.78 is 0. The van der Waals surface area contributed by atoms with Crippen LogP contribution in [0.4, 0.5) is 0 Å². The number of hydrogen-bond donors (Lipinski definition) is 6.